The number of aliphatic hydroxyl groups excluding tert-OH is 1. The van der Waals surface area contributed by atoms with Crippen molar-refractivity contribution in [2.24, 2.45) is 5.41 Å². The van der Waals surface area contributed by atoms with Crippen molar-refractivity contribution in [2.75, 3.05) is 13.2 Å². The molecule has 0 radical (unpaired) electrons. The molecular formula is C16H24N2O2. The second-order valence-corrected chi connectivity index (χ2v) is 5.99. The molecule has 0 spiro atoms. The molecule has 1 saturated carbocycles. The Morgan fingerprint density at radius 2 is 2.00 bits per heavy atom. The van der Waals surface area contributed by atoms with Crippen molar-refractivity contribution in [3.05, 3.63) is 29.1 Å². The SMILES string of the molecule is Cc1ccc(C(=O)NCC2(CO)CCCCC2)c(C)n1. The lowest BCUT2D eigenvalue weighted by molar-refractivity contribution is 0.0717. The molecule has 0 atom stereocenters. The molecule has 1 aliphatic rings. The summed E-state index contributed by atoms with van der Waals surface area (Å²) in [5, 5.41) is 12.6. The molecule has 4 nitrogen and oxygen atoms in total. The fourth-order valence-corrected chi connectivity index (χ4v) is 2.98. The summed E-state index contributed by atoms with van der Waals surface area (Å²) >= 11 is 0. The first kappa shape index (κ1) is 15.0. The maximum Gasteiger partial charge on any atom is 0.253 e. The van der Waals surface area contributed by atoms with E-state index in [0.29, 0.717) is 12.1 Å². The van der Waals surface area contributed by atoms with E-state index in [9.17, 15) is 9.90 Å². The number of nitrogens with zero attached hydrogens (tertiary/aromatic N) is 1. The first-order chi connectivity index (χ1) is 9.56. The number of amides is 1. The van der Waals surface area contributed by atoms with Crippen LogP contribution in [-0.4, -0.2) is 29.1 Å². The minimum atomic E-state index is -0.125. The molecule has 1 aliphatic carbocycles. The number of nitrogens with one attached hydrogen (secondary N) is 1. The topological polar surface area (TPSA) is 62.2 Å². The monoisotopic (exact) mass is 276 g/mol. The minimum absolute atomic E-state index is 0.0894. The number of hydrogen-bond acceptors (Lipinski definition) is 3. The molecule has 0 aromatic carbocycles. The van der Waals surface area contributed by atoms with E-state index in [-0.39, 0.29) is 17.9 Å². The molecule has 110 valence electrons. The predicted molar refractivity (Wildman–Crippen MR) is 78.6 cm³/mol. The largest absolute Gasteiger partial charge is 0.396 e. The van der Waals surface area contributed by atoms with Crippen LogP contribution in [0.5, 0.6) is 0 Å². The van der Waals surface area contributed by atoms with Crippen LogP contribution in [0, 0.1) is 19.3 Å². The third-order valence-electron chi connectivity index (χ3n) is 4.34. The van der Waals surface area contributed by atoms with Crippen LogP contribution in [0.15, 0.2) is 12.1 Å². The van der Waals surface area contributed by atoms with Gasteiger partial charge in [0.1, 0.15) is 0 Å². The summed E-state index contributed by atoms with van der Waals surface area (Å²) in [5.41, 5.74) is 2.17. The van der Waals surface area contributed by atoms with E-state index in [1.165, 1.54) is 6.42 Å². The summed E-state index contributed by atoms with van der Waals surface area (Å²) in [6.45, 7) is 4.47. The molecule has 1 aromatic rings. The lowest BCUT2D eigenvalue weighted by atomic mass is 9.74. The first-order valence-corrected chi connectivity index (χ1v) is 7.40. The van der Waals surface area contributed by atoms with Gasteiger partial charge in [0.2, 0.25) is 0 Å². The van der Waals surface area contributed by atoms with Gasteiger partial charge in [0, 0.05) is 17.7 Å². The van der Waals surface area contributed by atoms with E-state index >= 15 is 0 Å². The van der Waals surface area contributed by atoms with Crippen molar-refractivity contribution < 1.29 is 9.90 Å². The highest BCUT2D eigenvalue weighted by Crippen LogP contribution is 2.35. The van der Waals surface area contributed by atoms with Gasteiger partial charge < -0.3 is 10.4 Å². The van der Waals surface area contributed by atoms with Crippen LogP contribution < -0.4 is 5.32 Å². The molecule has 2 rings (SSSR count). The van der Waals surface area contributed by atoms with E-state index in [1.54, 1.807) is 0 Å². The van der Waals surface area contributed by atoms with Crippen LogP contribution >= 0.6 is 0 Å². The van der Waals surface area contributed by atoms with Gasteiger partial charge in [0.05, 0.1) is 17.9 Å². The summed E-state index contributed by atoms with van der Waals surface area (Å²) in [7, 11) is 0. The molecule has 0 aliphatic heterocycles. The van der Waals surface area contributed by atoms with Gasteiger partial charge in [-0.25, -0.2) is 0 Å². The van der Waals surface area contributed by atoms with Gasteiger partial charge >= 0.3 is 0 Å². The number of pyridine rings is 1. The van der Waals surface area contributed by atoms with Crippen molar-refractivity contribution in [1.82, 2.24) is 10.3 Å². The maximum absolute atomic E-state index is 12.2. The third kappa shape index (κ3) is 3.37. The Balaban J connectivity index is 2.00. The second kappa shape index (κ2) is 6.35. The number of aliphatic hydroxyl groups is 1. The molecule has 0 unspecified atom stereocenters. The summed E-state index contributed by atoms with van der Waals surface area (Å²) in [5.74, 6) is -0.0894. The van der Waals surface area contributed by atoms with Gasteiger partial charge in [0.15, 0.2) is 0 Å². The van der Waals surface area contributed by atoms with Gasteiger partial charge in [-0.05, 0) is 38.8 Å². The average molecular weight is 276 g/mol. The zero-order valence-corrected chi connectivity index (χ0v) is 12.4. The minimum Gasteiger partial charge on any atom is -0.396 e. The van der Waals surface area contributed by atoms with Gasteiger partial charge in [-0.1, -0.05) is 19.3 Å². The van der Waals surface area contributed by atoms with Crippen LogP contribution in [0.1, 0.15) is 53.8 Å². The smallest absolute Gasteiger partial charge is 0.253 e. The summed E-state index contributed by atoms with van der Waals surface area (Å²) < 4.78 is 0. The molecule has 4 heteroatoms. The summed E-state index contributed by atoms with van der Waals surface area (Å²) in [6.07, 6.45) is 5.50. The van der Waals surface area contributed by atoms with Crippen LogP contribution in [0.2, 0.25) is 0 Å². The van der Waals surface area contributed by atoms with Crippen LogP contribution in [0.25, 0.3) is 0 Å². The predicted octanol–water partition coefficient (Wildman–Crippen LogP) is 2.37. The maximum atomic E-state index is 12.2. The van der Waals surface area contributed by atoms with Crippen LogP contribution in [0.4, 0.5) is 0 Å². The number of hydrogen-bond donors (Lipinski definition) is 2. The number of aromatic nitrogens is 1. The molecule has 0 bridgehead atoms. The van der Waals surface area contributed by atoms with Gasteiger partial charge in [-0.15, -0.1) is 0 Å². The van der Waals surface area contributed by atoms with E-state index in [4.69, 9.17) is 0 Å². The molecule has 1 heterocycles. The summed E-state index contributed by atoms with van der Waals surface area (Å²) in [4.78, 5) is 16.6. The Labute approximate surface area is 120 Å². The van der Waals surface area contributed by atoms with Gasteiger partial charge in [0.25, 0.3) is 5.91 Å². The fraction of sp³-hybridized carbons (Fsp3) is 0.625. The highest BCUT2D eigenvalue weighted by atomic mass is 16.3. The normalized spacial score (nSPS) is 17.8. The van der Waals surface area contributed by atoms with Crippen LogP contribution in [-0.2, 0) is 0 Å². The number of carbonyl (C=O) groups excluding carboxylic acids is 1. The Kier molecular flexibility index (Phi) is 4.76. The van der Waals surface area contributed by atoms with E-state index in [1.807, 2.05) is 26.0 Å². The van der Waals surface area contributed by atoms with Gasteiger partial charge in [-0.2, -0.15) is 0 Å². The Hall–Kier alpha value is -1.42. The zero-order chi connectivity index (χ0) is 14.6. The zero-order valence-electron chi connectivity index (χ0n) is 12.4. The summed E-state index contributed by atoms with van der Waals surface area (Å²) in [6, 6.07) is 3.67. The highest BCUT2D eigenvalue weighted by Gasteiger charge is 2.31. The van der Waals surface area contributed by atoms with Crippen molar-refractivity contribution in [1.29, 1.82) is 0 Å². The number of aryl methyl sites for hydroxylation is 2. The molecule has 1 amide bonds. The second-order valence-electron chi connectivity index (χ2n) is 5.99. The van der Waals surface area contributed by atoms with E-state index in [2.05, 4.69) is 10.3 Å². The third-order valence-corrected chi connectivity index (χ3v) is 4.34. The average Bonchev–Trinajstić information content (AvgIpc) is 2.46. The van der Waals surface area contributed by atoms with Crippen molar-refractivity contribution in [3.8, 4) is 0 Å². The number of carbonyl (C=O) groups is 1. The Bertz CT molecular complexity index is 479. The standard InChI is InChI=1S/C16H24N2O2/c1-12-6-7-14(13(2)18-12)15(20)17-10-16(11-19)8-4-3-5-9-16/h6-7,19H,3-5,8-11H2,1-2H3,(H,17,20). The van der Waals surface area contributed by atoms with Crippen molar-refractivity contribution >= 4 is 5.91 Å². The fourth-order valence-electron chi connectivity index (χ4n) is 2.98. The molecule has 1 aromatic heterocycles. The lowest BCUT2D eigenvalue weighted by Crippen LogP contribution is -2.41. The van der Waals surface area contributed by atoms with E-state index in [0.717, 1.165) is 37.1 Å². The quantitative estimate of drug-likeness (QED) is 0.887. The molecule has 2 N–H and O–H groups in total. The Morgan fingerprint density at radius 3 is 2.60 bits per heavy atom. The molecule has 20 heavy (non-hydrogen) atoms. The molecular weight excluding hydrogens is 252 g/mol. The van der Waals surface area contributed by atoms with Crippen molar-refractivity contribution in [3.63, 3.8) is 0 Å². The lowest BCUT2D eigenvalue weighted by Gasteiger charge is -2.35. The van der Waals surface area contributed by atoms with Crippen molar-refractivity contribution in [2.45, 2.75) is 46.0 Å². The van der Waals surface area contributed by atoms with E-state index < -0.39 is 0 Å². The number of rotatable bonds is 4. The molecule has 0 saturated heterocycles. The highest BCUT2D eigenvalue weighted by molar-refractivity contribution is 5.95. The first-order valence-electron chi connectivity index (χ1n) is 7.40. The molecule has 1 fully saturated rings. The Morgan fingerprint density at radius 1 is 1.30 bits per heavy atom. The van der Waals surface area contributed by atoms with Crippen LogP contribution in [0.3, 0.4) is 0 Å². The van der Waals surface area contributed by atoms with Gasteiger partial charge in [-0.3, -0.25) is 9.78 Å².